The number of piperazine rings is 1. The van der Waals surface area contributed by atoms with Crippen LogP contribution in [-0.4, -0.2) is 45.4 Å². The number of piperidine rings is 1. The minimum atomic E-state index is -0.234. The van der Waals surface area contributed by atoms with E-state index in [1.54, 1.807) is 0 Å². The van der Waals surface area contributed by atoms with Crippen LogP contribution in [0.5, 0.6) is 5.75 Å². The van der Waals surface area contributed by atoms with Crippen molar-refractivity contribution >= 4 is 5.69 Å². The highest BCUT2D eigenvalue weighted by atomic mass is 19.1. The number of anilines is 1. The van der Waals surface area contributed by atoms with E-state index in [1.165, 1.54) is 12.1 Å². The second-order valence-electron chi connectivity index (χ2n) is 5.44. The Hall–Kier alpha value is -1.33. The van der Waals surface area contributed by atoms with E-state index < -0.39 is 0 Å². The summed E-state index contributed by atoms with van der Waals surface area (Å²) in [6.07, 6.45) is 2.29. The molecule has 2 aliphatic heterocycles. The third-order valence-corrected chi connectivity index (χ3v) is 3.92. The molecule has 20 heavy (non-hydrogen) atoms. The van der Waals surface area contributed by atoms with Crippen molar-refractivity contribution < 1.29 is 9.13 Å². The van der Waals surface area contributed by atoms with Gasteiger partial charge < -0.3 is 20.3 Å². The lowest BCUT2D eigenvalue weighted by atomic mass is 10.1. The highest BCUT2D eigenvalue weighted by molar-refractivity contribution is 5.59. The lowest BCUT2D eigenvalue weighted by molar-refractivity contribution is 0.167. The molecule has 2 saturated heterocycles. The zero-order valence-electron chi connectivity index (χ0n) is 11.7. The molecule has 110 valence electrons. The van der Waals surface area contributed by atoms with Gasteiger partial charge in [0, 0.05) is 38.8 Å². The van der Waals surface area contributed by atoms with Crippen molar-refractivity contribution in [1.82, 2.24) is 10.6 Å². The first-order chi connectivity index (χ1) is 9.83. The first-order valence-electron chi connectivity index (χ1n) is 7.45. The molecule has 2 aliphatic rings. The zero-order chi connectivity index (χ0) is 13.8. The third-order valence-electron chi connectivity index (χ3n) is 3.92. The minimum Gasteiger partial charge on any atom is -0.487 e. The van der Waals surface area contributed by atoms with Crippen molar-refractivity contribution in [2.75, 3.05) is 44.2 Å². The fraction of sp³-hybridized carbons (Fsp3) is 0.600. The third kappa shape index (κ3) is 3.22. The average Bonchev–Trinajstić information content (AvgIpc) is 2.49. The van der Waals surface area contributed by atoms with Crippen molar-refractivity contribution in [3.63, 3.8) is 0 Å². The molecule has 2 fully saturated rings. The molecule has 1 aromatic rings. The number of hydrogen-bond donors (Lipinski definition) is 2. The highest BCUT2D eigenvalue weighted by Gasteiger charge is 2.20. The van der Waals surface area contributed by atoms with E-state index in [9.17, 15) is 4.39 Å². The number of ether oxygens (including phenoxy) is 1. The molecule has 5 heteroatoms. The van der Waals surface area contributed by atoms with Crippen LogP contribution in [0.4, 0.5) is 10.1 Å². The smallest absolute Gasteiger partial charge is 0.146 e. The molecule has 2 heterocycles. The maximum absolute atomic E-state index is 13.5. The van der Waals surface area contributed by atoms with Crippen molar-refractivity contribution in [3.8, 4) is 5.75 Å². The normalized spacial score (nSPS) is 23.6. The van der Waals surface area contributed by atoms with Crippen LogP contribution in [0.2, 0.25) is 0 Å². The molecule has 0 unspecified atom stereocenters. The van der Waals surface area contributed by atoms with E-state index in [0.29, 0.717) is 5.75 Å². The van der Waals surface area contributed by atoms with Crippen molar-refractivity contribution in [3.05, 3.63) is 24.0 Å². The van der Waals surface area contributed by atoms with Crippen molar-refractivity contribution in [2.24, 2.45) is 0 Å². The first kappa shape index (κ1) is 13.6. The molecule has 3 rings (SSSR count). The fourth-order valence-corrected chi connectivity index (χ4v) is 2.85. The van der Waals surface area contributed by atoms with Gasteiger partial charge in [-0.3, -0.25) is 0 Å². The Morgan fingerprint density at radius 2 is 2.00 bits per heavy atom. The lowest BCUT2D eigenvalue weighted by Crippen LogP contribution is -2.44. The number of halogens is 1. The van der Waals surface area contributed by atoms with Crippen LogP contribution < -0.4 is 20.3 Å². The lowest BCUT2D eigenvalue weighted by Gasteiger charge is -2.32. The van der Waals surface area contributed by atoms with Gasteiger partial charge in [0.2, 0.25) is 0 Å². The van der Waals surface area contributed by atoms with Crippen LogP contribution >= 0.6 is 0 Å². The van der Waals surface area contributed by atoms with Gasteiger partial charge in [0.25, 0.3) is 0 Å². The van der Waals surface area contributed by atoms with Crippen molar-refractivity contribution in [2.45, 2.75) is 18.9 Å². The largest absolute Gasteiger partial charge is 0.487 e. The van der Waals surface area contributed by atoms with Crippen LogP contribution in [0.15, 0.2) is 18.2 Å². The van der Waals surface area contributed by atoms with Crippen LogP contribution in [0, 0.1) is 5.82 Å². The SMILES string of the molecule is Fc1ccc(N2CCNCC2)c(O[C@@H]2CCCNC2)c1. The monoisotopic (exact) mass is 279 g/mol. The number of nitrogens with zero attached hydrogens (tertiary/aromatic N) is 1. The van der Waals surface area contributed by atoms with Gasteiger partial charge in [0.05, 0.1) is 5.69 Å². The van der Waals surface area contributed by atoms with Gasteiger partial charge in [-0.25, -0.2) is 4.39 Å². The molecule has 0 saturated carbocycles. The molecule has 0 aromatic heterocycles. The summed E-state index contributed by atoms with van der Waals surface area (Å²) in [7, 11) is 0. The van der Waals surface area contributed by atoms with E-state index in [4.69, 9.17) is 4.74 Å². The second kappa shape index (κ2) is 6.41. The molecule has 0 amide bonds. The summed E-state index contributed by atoms with van der Waals surface area (Å²) >= 11 is 0. The topological polar surface area (TPSA) is 36.5 Å². The Morgan fingerprint density at radius 1 is 1.15 bits per heavy atom. The second-order valence-corrected chi connectivity index (χ2v) is 5.44. The van der Waals surface area contributed by atoms with Crippen LogP contribution in [0.1, 0.15) is 12.8 Å². The molecule has 1 aromatic carbocycles. The molecule has 0 radical (unpaired) electrons. The van der Waals surface area contributed by atoms with E-state index in [-0.39, 0.29) is 11.9 Å². The molecule has 0 aliphatic carbocycles. The van der Waals surface area contributed by atoms with E-state index in [1.807, 2.05) is 6.07 Å². The summed E-state index contributed by atoms with van der Waals surface area (Å²) < 4.78 is 19.6. The Kier molecular flexibility index (Phi) is 4.38. The van der Waals surface area contributed by atoms with Gasteiger partial charge in [-0.15, -0.1) is 0 Å². The molecule has 0 spiro atoms. The maximum atomic E-state index is 13.5. The first-order valence-corrected chi connectivity index (χ1v) is 7.45. The number of rotatable bonds is 3. The molecular formula is C15H22FN3O. The predicted octanol–water partition coefficient (Wildman–Crippen LogP) is 1.37. The van der Waals surface area contributed by atoms with E-state index >= 15 is 0 Å². The predicted molar refractivity (Wildman–Crippen MR) is 78.0 cm³/mol. The highest BCUT2D eigenvalue weighted by Crippen LogP contribution is 2.31. The van der Waals surface area contributed by atoms with Crippen LogP contribution in [0.25, 0.3) is 0 Å². The summed E-state index contributed by atoms with van der Waals surface area (Å²) in [5, 5.41) is 6.66. The Bertz CT molecular complexity index is 443. The van der Waals surface area contributed by atoms with Gasteiger partial charge in [-0.2, -0.15) is 0 Å². The van der Waals surface area contributed by atoms with Gasteiger partial charge >= 0.3 is 0 Å². The van der Waals surface area contributed by atoms with Crippen molar-refractivity contribution in [1.29, 1.82) is 0 Å². The van der Waals surface area contributed by atoms with E-state index in [0.717, 1.165) is 57.8 Å². The Balaban J connectivity index is 1.77. The number of benzene rings is 1. The Morgan fingerprint density at radius 3 is 2.75 bits per heavy atom. The van der Waals surface area contributed by atoms with Crippen LogP contribution in [0.3, 0.4) is 0 Å². The molecule has 2 N–H and O–H groups in total. The summed E-state index contributed by atoms with van der Waals surface area (Å²) in [5.41, 5.74) is 1.01. The quantitative estimate of drug-likeness (QED) is 0.876. The van der Waals surface area contributed by atoms with Gasteiger partial charge in [-0.05, 0) is 31.5 Å². The summed E-state index contributed by atoms with van der Waals surface area (Å²) in [6.45, 7) is 5.69. The summed E-state index contributed by atoms with van der Waals surface area (Å²) in [6, 6.07) is 4.88. The van der Waals surface area contributed by atoms with Crippen LogP contribution in [-0.2, 0) is 0 Å². The van der Waals surface area contributed by atoms with E-state index in [2.05, 4.69) is 15.5 Å². The molecule has 1 atom stereocenters. The molecule has 0 bridgehead atoms. The standard InChI is InChI=1S/C15H22FN3O/c16-12-3-4-14(19-8-6-17-7-9-19)15(10-12)20-13-2-1-5-18-11-13/h3-4,10,13,17-18H,1-2,5-9,11H2/t13-/m1/s1. The fourth-order valence-electron chi connectivity index (χ4n) is 2.85. The minimum absolute atomic E-state index is 0.146. The zero-order valence-corrected chi connectivity index (χ0v) is 11.7. The van der Waals surface area contributed by atoms with Gasteiger partial charge in [0.15, 0.2) is 0 Å². The summed E-state index contributed by atoms with van der Waals surface area (Å²) in [5.74, 6) is 0.447. The van der Waals surface area contributed by atoms with Gasteiger partial charge in [0.1, 0.15) is 17.7 Å². The summed E-state index contributed by atoms with van der Waals surface area (Å²) in [4.78, 5) is 2.27. The molecule has 4 nitrogen and oxygen atoms in total. The maximum Gasteiger partial charge on any atom is 0.146 e. The number of hydrogen-bond acceptors (Lipinski definition) is 4. The average molecular weight is 279 g/mol. The molecular weight excluding hydrogens is 257 g/mol. The van der Waals surface area contributed by atoms with Gasteiger partial charge in [-0.1, -0.05) is 0 Å². The number of nitrogens with one attached hydrogen (secondary N) is 2. The Labute approximate surface area is 119 Å².